The van der Waals surface area contributed by atoms with Gasteiger partial charge in [-0.2, -0.15) is 5.10 Å². The fourth-order valence-electron chi connectivity index (χ4n) is 2.22. The second-order valence-electron chi connectivity index (χ2n) is 4.78. The highest BCUT2D eigenvalue weighted by Crippen LogP contribution is 2.30. The zero-order valence-corrected chi connectivity index (χ0v) is 13.4. The van der Waals surface area contributed by atoms with Crippen molar-refractivity contribution >= 4 is 39.3 Å². The molecule has 1 fully saturated rings. The van der Waals surface area contributed by atoms with Crippen molar-refractivity contribution in [3.05, 3.63) is 33.8 Å². The van der Waals surface area contributed by atoms with Crippen LogP contribution in [0.15, 0.2) is 28.7 Å². The Morgan fingerprint density at radius 2 is 2.33 bits per heavy atom. The Hall–Kier alpha value is -1.37. The van der Waals surface area contributed by atoms with Gasteiger partial charge < -0.3 is 10.1 Å². The van der Waals surface area contributed by atoms with Crippen LogP contribution >= 0.6 is 27.5 Å². The van der Waals surface area contributed by atoms with Crippen molar-refractivity contribution in [2.75, 3.05) is 11.9 Å². The van der Waals surface area contributed by atoms with Crippen molar-refractivity contribution in [3.8, 4) is 11.3 Å². The lowest BCUT2D eigenvalue weighted by molar-refractivity contribution is -0.124. The Balaban J connectivity index is 1.77. The molecule has 110 valence electrons. The summed E-state index contributed by atoms with van der Waals surface area (Å²) in [6, 6.07) is 7.30. The predicted octanol–water partition coefficient (Wildman–Crippen LogP) is 3.61. The summed E-state index contributed by atoms with van der Waals surface area (Å²) < 4.78 is 6.25. The third kappa shape index (κ3) is 3.28. The van der Waals surface area contributed by atoms with Crippen molar-refractivity contribution in [3.63, 3.8) is 0 Å². The number of hydrogen-bond donors (Lipinski definition) is 2. The van der Waals surface area contributed by atoms with E-state index in [0.29, 0.717) is 17.4 Å². The number of aromatic amines is 1. The Morgan fingerprint density at radius 1 is 1.48 bits per heavy atom. The van der Waals surface area contributed by atoms with Gasteiger partial charge in [0.1, 0.15) is 6.10 Å². The standard InChI is InChI=1S/C14H13BrClN3O2/c15-8-3-4-10(16)9(6-8)11-7-13(19-18-11)17-14(20)12-2-1-5-21-12/h3-4,6-7,12H,1-2,5H2,(H2,17,18,19,20). The lowest BCUT2D eigenvalue weighted by Gasteiger charge is -2.07. The van der Waals surface area contributed by atoms with Gasteiger partial charge in [-0.3, -0.25) is 9.89 Å². The van der Waals surface area contributed by atoms with Gasteiger partial charge >= 0.3 is 0 Å². The summed E-state index contributed by atoms with van der Waals surface area (Å²) in [6.07, 6.45) is 1.29. The maximum Gasteiger partial charge on any atom is 0.254 e. The van der Waals surface area contributed by atoms with Crippen molar-refractivity contribution in [1.29, 1.82) is 0 Å². The molecule has 1 atom stereocenters. The number of carbonyl (C=O) groups excluding carboxylic acids is 1. The van der Waals surface area contributed by atoms with E-state index in [1.807, 2.05) is 12.1 Å². The molecule has 2 heterocycles. The van der Waals surface area contributed by atoms with Crippen LogP contribution in [0.2, 0.25) is 5.02 Å². The average Bonchev–Trinajstić information content (AvgIpc) is 3.12. The van der Waals surface area contributed by atoms with E-state index in [0.717, 1.165) is 28.6 Å². The molecule has 7 heteroatoms. The molecule has 3 rings (SSSR count). The molecule has 0 bridgehead atoms. The maximum absolute atomic E-state index is 12.0. The van der Waals surface area contributed by atoms with Crippen LogP contribution in [0, 0.1) is 0 Å². The van der Waals surface area contributed by atoms with Gasteiger partial charge in [0, 0.05) is 22.7 Å². The summed E-state index contributed by atoms with van der Waals surface area (Å²) in [6.45, 7) is 0.636. The van der Waals surface area contributed by atoms with E-state index >= 15 is 0 Å². The first-order valence-corrected chi connectivity index (χ1v) is 7.74. The third-order valence-corrected chi connectivity index (χ3v) is 4.09. The molecule has 0 saturated carbocycles. The molecule has 0 aliphatic carbocycles. The van der Waals surface area contributed by atoms with Crippen LogP contribution in [0.25, 0.3) is 11.3 Å². The quantitative estimate of drug-likeness (QED) is 0.867. The van der Waals surface area contributed by atoms with Crippen LogP contribution in [0.5, 0.6) is 0 Å². The Bertz CT molecular complexity index is 668. The molecule has 1 unspecified atom stereocenters. The van der Waals surface area contributed by atoms with Crippen LogP contribution in [-0.4, -0.2) is 28.8 Å². The molecule has 1 amide bonds. The fraction of sp³-hybridized carbons (Fsp3) is 0.286. The highest BCUT2D eigenvalue weighted by atomic mass is 79.9. The van der Waals surface area contributed by atoms with Gasteiger partial charge in [0.05, 0.1) is 10.7 Å². The minimum atomic E-state index is -0.375. The van der Waals surface area contributed by atoms with Crippen LogP contribution in [-0.2, 0) is 9.53 Å². The van der Waals surface area contributed by atoms with Crippen molar-refractivity contribution in [2.24, 2.45) is 0 Å². The molecule has 1 aliphatic rings. The molecule has 0 spiro atoms. The number of nitrogens with one attached hydrogen (secondary N) is 2. The topological polar surface area (TPSA) is 67.0 Å². The SMILES string of the molecule is O=C(Nc1cc(-c2cc(Br)ccc2Cl)[nH]n1)C1CCCO1. The molecule has 1 aromatic heterocycles. The first kappa shape index (κ1) is 14.6. The molecule has 1 aliphatic heterocycles. The molecule has 5 nitrogen and oxygen atoms in total. The average molecular weight is 371 g/mol. The van der Waals surface area contributed by atoms with Crippen molar-refractivity contribution < 1.29 is 9.53 Å². The van der Waals surface area contributed by atoms with E-state index in [1.165, 1.54) is 0 Å². The lowest BCUT2D eigenvalue weighted by atomic mass is 10.1. The minimum Gasteiger partial charge on any atom is -0.368 e. The van der Waals surface area contributed by atoms with Gasteiger partial charge in [0.2, 0.25) is 0 Å². The van der Waals surface area contributed by atoms with E-state index < -0.39 is 0 Å². The number of carbonyl (C=O) groups is 1. The fourth-order valence-corrected chi connectivity index (χ4v) is 2.80. The number of anilines is 1. The number of ether oxygens (including phenoxy) is 1. The molecular weight excluding hydrogens is 358 g/mol. The van der Waals surface area contributed by atoms with Gasteiger partial charge in [0.15, 0.2) is 5.82 Å². The Morgan fingerprint density at radius 3 is 3.10 bits per heavy atom. The second kappa shape index (κ2) is 6.17. The largest absolute Gasteiger partial charge is 0.368 e. The summed E-state index contributed by atoms with van der Waals surface area (Å²) in [5.41, 5.74) is 1.56. The summed E-state index contributed by atoms with van der Waals surface area (Å²) in [4.78, 5) is 12.0. The smallest absolute Gasteiger partial charge is 0.254 e. The van der Waals surface area contributed by atoms with Gasteiger partial charge in [-0.15, -0.1) is 0 Å². The van der Waals surface area contributed by atoms with E-state index in [4.69, 9.17) is 16.3 Å². The molecule has 1 aromatic carbocycles. The molecule has 0 radical (unpaired) electrons. The highest BCUT2D eigenvalue weighted by Gasteiger charge is 2.24. The normalized spacial score (nSPS) is 17.9. The van der Waals surface area contributed by atoms with E-state index in [2.05, 4.69) is 31.4 Å². The number of aromatic nitrogens is 2. The number of benzene rings is 1. The van der Waals surface area contributed by atoms with Gasteiger partial charge in [-0.1, -0.05) is 27.5 Å². The molecule has 2 N–H and O–H groups in total. The Kier molecular flexibility index (Phi) is 4.28. The summed E-state index contributed by atoms with van der Waals surface area (Å²) in [7, 11) is 0. The zero-order valence-electron chi connectivity index (χ0n) is 11.0. The lowest BCUT2D eigenvalue weighted by Crippen LogP contribution is -2.26. The first-order chi connectivity index (χ1) is 10.1. The van der Waals surface area contributed by atoms with Crippen molar-refractivity contribution in [2.45, 2.75) is 18.9 Å². The van der Waals surface area contributed by atoms with Gasteiger partial charge in [-0.25, -0.2) is 0 Å². The number of rotatable bonds is 3. The minimum absolute atomic E-state index is 0.161. The number of amides is 1. The highest BCUT2D eigenvalue weighted by molar-refractivity contribution is 9.10. The molecular formula is C14H13BrClN3O2. The van der Waals surface area contributed by atoms with Gasteiger partial charge in [-0.05, 0) is 31.0 Å². The number of H-pyrrole nitrogens is 1. The maximum atomic E-state index is 12.0. The van der Waals surface area contributed by atoms with Crippen LogP contribution in [0.4, 0.5) is 5.82 Å². The van der Waals surface area contributed by atoms with E-state index in [-0.39, 0.29) is 12.0 Å². The Labute approximate surface area is 135 Å². The summed E-state index contributed by atoms with van der Waals surface area (Å²) in [5.74, 6) is 0.299. The van der Waals surface area contributed by atoms with E-state index in [1.54, 1.807) is 12.1 Å². The monoisotopic (exact) mass is 369 g/mol. The number of halogens is 2. The summed E-state index contributed by atoms with van der Waals surface area (Å²) >= 11 is 9.58. The number of nitrogens with zero attached hydrogens (tertiary/aromatic N) is 1. The van der Waals surface area contributed by atoms with Crippen LogP contribution in [0.3, 0.4) is 0 Å². The summed E-state index contributed by atoms with van der Waals surface area (Å²) in [5, 5.41) is 10.3. The second-order valence-corrected chi connectivity index (χ2v) is 6.10. The van der Waals surface area contributed by atoms with Gasteiger partial charge in [0.25, 0.3) is 5.91 Å². The first-order valence-electron chi connectivity index (χ1n) is 6.57. The van der Waals surface area contributed by atoms with Crippen LogP contribution < -0.4 is 5.32 Å². The predicted molar refractivity (Wildman–Crippen MR) is 84.3 cm³/mol. The molecule has 2 aromatic rings. The van der Waals surface area contributed by atoms with E-state index in [9.17, 15) is 4.79 Å². The number of hydrogen-bond acceptors (Lipinski definition) is 3. The van der Waals surface area contributed by atoms with Crippen LogP contribution in [0.1, 0.15) is 12.8 Å². The third-order valence-electron chi connectivity index (χ3n) is 3.27. The molecule has 1 saturated heterocycles. The van der Waals surface area contributed by atoms with Crippen molar-refractivity contribution in [1.82, 2.24) is 10.2 Å². The molecule has 21 heavy (non-hydrogen) atoms. The zero-order chi connectivity index (χ0) is 14.8.